The van der Waals surface area contributed by atoms with Crippen LogP contribution < -0.4 is 4.90 Å². The quantitative estimate of drug-likeness (QED) is 0.887. The lowest BCUT2D eigenvalue weighted by atomic mass is 9.87. The largest absolute Gasteiger partial charge is 0.383 e. The molecule has 0 bridgehead atoms. The lowest BCUT2D eigenvalue weighted by Crippen LogP contribution is -2.43. The van der Waals surface area contributed by atoms with Crippen LogP contribution in [-0.2, 0) is 0 Å². The van der Waals surface area contributed by atoms with Gasteiger partial charge in [-0.15, -0.1) is 0 Å². The van der Waals surface area contributed by atoms with Crippen molar-refractivity contribution in [2.24, 2.45) is 10.4 Å². The first-order valence-electron chi connectivity index (χ1n) is 6.83. The molecule has 0 radical (unpaired) electrons. The molecule has 0 fully saturated rings. The van der Waals surface area contributed by atoms with E-state index in [-0.39, 0.29) is 11.5 Å². The zero-order valence-electron chi connectivity index (χ0n) is 12.5. The molecule has 1 aromatic carbocycles. The van der Waals surface area contributed by atoms with Gasteiger partial charge in [0, 0.05) is 12.2 Å². The van der Waals surface area contributed by atoms with Gasteiger partial charge >= 0.3 is 0 Å². The van der Waals surface area contributed by atoms with Gasteiger partial charge in [-0.05, 0) is 31.4 Å². The molecule has 1 N–H and O–H groups in total. The third-order valence-corrected chi connectivity index (χ3v) is 3.50. The predicted molar refractivity (Wildman–Crippen MR) is 80.8 cm³/mol. The van der Waals surface area contributed by atoms with Crippen molar-refractivity contribution in [3.8, 4) is 0 Å². The Morgan fingerprint density at radius 1 is 1.11 bits per heavy atom. The summed E-state index contributed by atoms with van der Waals surface area (Å²) in [5.74, 6) is 0.763. The summed E-state index contributed by atoms with van der Waals surface area (Å²) in [6.07, 6.45) is 0. The van der Waals surface area contributed by atoms with Crippen molar-refractivity contribution in [1.29, 1.82) is 0 Å². The number of rotatable bonds is 2. The fourth-order valence-corrected chi connectivity index (χ4v) is 2.31. The van der Waals surface area contributed by atoms with Gasteiger partial charge in [-0.25, -0.2) is 0 Å². The first-order chi connectivity index (χ1) is 8.69. The third kappa shape index (κ3) is 2.98. The van der Waals surface area contributed by atoms with Crippen LogP contribution in [0.4, 0.5) is 5.69 Å². The molecule has 3 nitrogen and oxygen atoms in total. The highest BCUT2D eigenvalue weighted by molar-refractivity contribution is 6.04. The van der Waals surface area contributed by atoms with E-state index in [1.54, 1.807) is 13.8 Å². The van der Waals surface area contributed by atoms with Gasteiger partial charge in [0.1, 0.15) is 11.4 Å². The maximum atomic E-state index is 10.4. The third-order valence-electron chi connectivity index (χ3n) is 3.50. The maximum absolute atomic E-state index is 10.4. The van der Waals surface area contributed by atoms with E-state index in [1.807, 2.05) is 18.2 Å². The topological polar surface area (TPSA) is 35.8 Å². The molecule has 1 atom stereocenters. The van der Waals surface area contributed by atoms with E-state index in [0.29, 0.717) is 0 Å². The van der Waals surface area contributed by atoms with Gasteiger partial charge in [-0.2, -0.15) is 0 Å². The summed E-state index contributed by atoms with van der Waals surface area (Å²) in [5, 5.41) is 10.4. The summed E-state index contributed by atoms with van der Waals surface area (Å²) in [4.78, 5) is 6.92. The molecule has 1 aliphatic rings. The standard InChI is InChI=1S/C16H24N2O/c1-15(2,3)13-11-18(12-9-7-6-8-10-12)14(17-13)16(4,5)19/h6-10,13,19H,11H2,1-5H3/t13-/m1/s1. The fraction of sp³-hybridized carbons (Fsp3) is 0.562. The number of aliphatic hydroxyl groups is 1. The van der Waals surface area contributed by atoms with Gasteiger partial charge in [0.2, 0.25) is 0 Å². The number of anilines is 1. The van der Waals surface area contributed by atoms with Crippen molar-refractivity contribution >= 4 is 11.5 Å². The van der Waals surface area contributed by atoms with Crippen LogP contribution in [0.15, 0.2) is 35.3 Å². The molecule has 0 aromatic heterocycles. The Labute approximate surface area is 116 Å². The predicted octanol–water partition coefficient (Wildman–Crippen LogP) is 3.09. The molecular weight excluding hydrogens is 236 g/mol. The van der Waals surface area contributed by atoms with Gasteiger partial charge in [-0.1, -0.05) is 39.0 Å². The first kappa shape index (κ1) is 14.1. The number of aliphatic imine (C=N–C) groups is 1. The molecule has 0 saturated heterocycles. The minimum Gasteiger partial charge on any atom is -0.383 e. The molecule has 0 unspecified atom stereocenters. The molecule has 1 aliphatic heterocycles. The molecule has 1 aromatic rings. The maximum Gasteiger partial charge on any atom is 0.136 e. The smallest absolute Gasteiger partial charge is 0.136 e. The highest BCUT2D eigenvalue weighted by Crippen LogP contribution is 2.32. The van der Waals surface area contributed by atoms with Crippen LogP contribution in [0.3, 0.4) is 0 Å². The number of benzene rings is 1. The van der Waals surface area contributed by atoms with E-state index in [9.17, 15) is 5.11 Å². The Hall–Kier alpha value is -1.35. The second-order valence-electron chi connectivity index (χ2n) is 6.84. The number of para-hydroxylation sites is 1. The van der Waals surface area contributed by atoms with Crippen LogP contribution in [-0.4, -0.2) is 29.1 Å². The normalized spacial score (nSPS) is 20.6. The lowest BCUT2D eigenvalue weighted by molar-refractivity contribution is 0.152. The second kappa shape index (κ2) is 4.64. The number of hydrogen-bond donors (Lipinski definition) is 1. The molecule has 0 amide bonds. The molecular formula is C16H24N2O. The average Bonchev–Trinajstić information content (AvgIpc) is 2.74. The van der Waals surface area contributed by atoms with Gasteiger partial charge in [0.05, 0.1) is 6.04 Å². The summed E-state index contributed by atoms with van der Waals surface area (Å²) in [6.45, 7) is 11.0. The van der Waals surface area contributed by atoms with E-state index < -0.39 is 5.60 Å². The highest BCUT2D eigenvalue weighted by atomic mass is 16.3. The summed E-state index contributed by atoms with van der Waals surface area (Å²) >= 11 is 0. The number of amidine groups is 1. The lowest BCUT2D eigenvalue weighted by Gasteiger charge is -2.29. The molecule has 2 rings (SSSR count). The Bertz CT molecular complexity index is 466. The molecule has 0 spiro atoms. The van der Waals surface area contributed by atoms with Crippen LogP contribution >= 0.6 is 0 Å². The highest BCUT2D eigenvalue weighted by Gasteiger charge is 2.39. The van der Waals surface area contributed by atoms with Crippen LogP contribution in [0.2, 0.25) is 0 Å². The molecule has 1 heterocycles. The van der Waals surface area contributed by atoms with Gasteiger partial charge in [0.25, 0.3) is 0 Å². The van der Waals surface area contributed by atoms with Gasteiger partial charge < -0.3 is 10.0 Å². The van der Waals surface area contributed by atoms with E-state index in [1.165, 1.54) is 0 Å². The first-order valence-corrected chi connectivity index (χ1v) is 6.83. The van der Waals surface area contributed by atoms with Crippen molar-refractivity contribution < 1.29 is 5.11 Å². The van der Waals surface area contributed by atoms with Gasteiger partial charge in [0.15, 0.2) is 0 Å². The monoisotopic (exact) mass is 260 g/mol. The summed E-state index contributed by atoms with van der Waals surface area (Å²) < 4.78 is 0. The molecule has 0 aliphatic carbocycles. The Kier molecular flexibility index (Phi) is 3.43. The summed E-state index contributed by atoms with van der Waals surface area (Å²) in [7, 11) is 0. The van der Waals surface area contributed by atoms with E-state index in [4.69, 9.17) is 4.99 Å². The zero-order valence-corrected chi connectivity index (χ0v) is 12.5. The van der Waals surface area contributed by atoms with E-state index in [0.717, 1.165) is 18.1 Å². The molecule has 0 saturated carbocycles. The van der Waals surface area contributed by atoms with Crippen LogP contribution in [0.25, 0.3) is 0 Å². The molecule has 19 heavy (non-hydrogen) atoms. The van der Waals surface area contributed by atoms with Crippen molar-refractivity contribution in [3.63, 3.8) is 0 Å². The van der Waals surface area contributed by atoms with Crippen molar-refractivity contribution in [3.05, 3.63) is 30.3 Å². The summed E-state index contributed by atoms with van der Waals surface area (Å²) in [6, 6.07) is 10.4. The van der Waals surface area contributed by atoms with Crippen molar-refractivity contribution in [1.82, 2.24) is 0 Å². The van der Waals surface area contributed by atoms with Crippen LogP contribution in [0, 0.1) is 5.41 Å². The van der Waals surface area contributed by atoms with Crippen LogP contribution in [0.1, 0.15) is 34.6 Å². The zero-order chi connectivity index (χ0) is 14.3. The van der Waals surface area contributed by atoms with E-state index >= 15 is 0 Å². The Balaban J connectivity index is 2.38. The Morgan fingerprint density at radius 3 is 2.16 bits per heavy atom. The SMILES string of the molecule is CC(C)(O)C1=N[C@@H](C(C)(C)C)CN1c1ccccc1. The van der Waals surface area contributed by atoms with Crippen molar-refractivity contribution in [2.45, 2.75) is 46.3 Å². The summed E-state index contributed by atoms with van der Waals surface area (Å²) in [5.41, 5.74) is 0.269. The second-order valence-corrected chi connectivity index (χ2v) is 6.84. The fourth-order valence-electron chi connectivity index (χ4n) is 2.31. The van der Waals surface area contributed by atoms with Crippen LogP contribution in [0.5, 0.6) is 0 Å². The number of hydrogen-bond acceptors (Lipinski definition) is 3. The van der Waals surface area contributed by atoms with E-state index in [2.05, 4.69) is 37.8 Å². The Morgan fingerprint density at radius 2 is 1.68 bits per heavy atom. The average molecular weight is 260 g/mol. The minimum absolute atomic E-state index is 0.0973. The molecule has 104 valence electrons. The van der Waals surface area contributed by atoms with Gasteiger partial charge in [-0.3, -0.25) is 4.99 Å². The number of nitrogens with zero attached hydrogens (tertiary/aromatic N) is 2. The molecule has 3 heteroatoms. The minimum atomic E-state index is -0.921. The van der Waals surface area contributed by atoms with Crippen molar-refractivity contribution in [2.75, 3.05) is 11.4 Å².